The van der Waals surface area contributed by atoms with Gasteiger partial charge in [-0.25, -0.2) is 0 Å². The number of nitrogens with zero attached hydrogens (tertiary/aromatic N) is 3. The summed E-state index contributed by atoms with van der Waals surface area (Å²) in [4.78, 5) is 18.2. The van der Waals surface area contributed by atoms with Crippen molar-refractivity contribution in [2.75, 3.05) is 31.6 Å². The molecule has 1 atom stereocenters. The normalized spacial score (nSPS) is 18.4. The van der Waals surface area contributed by atoms with Crippen molar-refractivity contribution in [2.24, 2.45) is 0 Å². The molecular formula is C14H18N4O2. The Hall–Kier alpha value is -2.13. The van der Waals surface area contributed by atoms with Crippen molar-refractivity contribution in [1.82, 2.24) is 9.88 Å². The van der Waals surface area contributed by atoms with Crippen molar-refractivity contribution >= 4 is 11.6 Å². The van der Waals surface area contributed by atoms with Crippen LogP contribution in [0, 0.1) is 11.3 Å². The lowest BCUT2D eigenvalue weighted by Gasteiger charge is -2.30. The molecule has 1 fully saturated rings. The van der Waals surface area contributed by atoms with E-state index in [1.54, 1.807) is 23.4 Å². The number of nitriles is 1. The fourth-order valence-electron chi connectivity index (χ4n) is 2.06. The Kier molecular flexibility index (Phi) is 4.91. The Morgan fingerprint density at radius 1 is 1.70 bits per heavy atom. The molecule has 1 unspecified atom stereocenters. The van der Waals surface area contributed by atoms with Crippen LogP contribution in [0.2, 0.25) is 0 Å². The molecule has 6 heteroatoms. The van der Waals surface area contributed by atoms with Crippen molar-refractivity contribution < 1.29 is 9.53 Å². The largest absolute Gasteiger partial charge is 0.383 e. The van der Waals surface area contributed by atoms with Gasteiger partial charge in [-0.05, 0) is 12.5 Å². The highest BCUT2D eigenvalue weighted by atomic mass is 16.5. The molecule has 106 valence electrons. The summed E-state index contributed by atoms with van der Waals surface area (Å²) in [5, 5.41) is 12.1. The number of morpholine rings is 1. The average Bonchev–Trinajstić information content (AvgIpc) is 2.52. The van der Waals surface area contributed by atoms with E-state index in [0.29, 0.717) is 25.3 Å². The van der Waals surface area contributed by atoms with Gasteiger partial charge in [-0.15, -0.1) is 0 Å². The molecule has 1 aromatic heterocycles. The molecule has 0 bridgehead atoms. The van der Waals surface area contributed by atoms with E-state index < -0.39 is 6.10 Å². The first-order chi connectivity index (χ1) is 9.76. The minimum absolute atomic E-state index is 0.0884. The Morgan fingerprint density at radius 3 is 3.30 bits per heavy atom. The van der Waals surface area contributed by atoms with Gasteiger partial charge < -0.3 is 15.0 Å². The van der Waals surface area contributed by atoms with Crippen molar-refractivity contribution in [3.8, 4) is 6.07 Å². The standard InChI is InChI=1S/C14H18N4O2/c1-2-4-17-13-9-16-5-3-12(13)14(19)18-6-7-20-11(8-15)10-18/h3,5,9,11,17H,2,4,6-7,10H2,1H3. The van der Waals surface area contributed by atoms with E-state index in [-0.39, 0.29) is 5.91 Å². The minimum atomic E-state index is -0.540. The number of amides is 1. The third-order valence-corrected chi connectivity index (χ3v) is 3.11. The van der Waals surface area contributed by atoms with Crippen molar-refractivity contribution in [3.63, 3.8) is 0 Å². The second-order valence-corrected chi connectivity index (χ2v) is 4.59. The molecule has 2 rings (SSSR count). The van der Waals surface area contributed by atoms with Gasteiger partial charge in [0, 0.05) is 19.3 Å². The number of carbonyl (C=O) groups excluding carboxylic acids is 1. The number of ether oxygens (including phenoxy) is 1. The molecule has 0 aliphatic carbocycles. The van der Waals surface area contributed by atoms with Gasteiger partial charge in [-0.1, -0.05) is 6.92 Å². The van der Waals surface area contributed by atoms with Crippen LogP contribution in [-0.4, -0.2) is 48.1 Å². The second kappa shape index (κ2) is 6.87. The number of carbonyl (C=O) groups is 1. The van der Waals surface area contributed by atoms with E-state index in [4.69, 9.17) is 10.00 Å². The molecule has 1 saturated heterocycles. The van der Waals surface area contributed by atoms with Crippen LogP contribution in [0.15, 0.2) is 18.5 Å². The molecule has 2 heterocycles. The van der Waals surface area contributed by atoms with Gasteiger partial charge in [-0.3, -0.25) is 9.78 Å². The first-order valence-corrected chi connectivity index (χ1v) is 6.74. The number of aromatic nitrogens is 1. The zero-order valence-electron chi connectivity index (χ0n) is 11.5. The highest BCUT2D eigenvalue weighted by molar-refractivity contribution is 5.99. The summed E-state index contributed by atoms with van der Waals surface area (Å²) in [6, 6.07) is 3.75. The third kappa shape index (κ3) is 3.25. The van der Waals surface area contributed by atoms with E-state index in [2.05, 4.69) is 17.2 Å². The summed E-state index contributed by atoms with van der Waals surface area (Å²) < 4.78 is 5.26. The van der Waals surface area contributed by atoms with E-state index in [0.717, 1.165) is 18.7 Å². The van der Waals surface area contributed by atoms with Crippen LogP contribution in [0.1, 0.15) is 23.7 Å². The van der Waals surface area contributed by atoms with Gasteiger partial charge in [0.2, 0.25) is 0 Å². The smallest absolute Gasteiger partial charge is 0.256 e. The first-order valence-electron chi connectivity index (χ1n) is 6.74. The van der Waals surface area contributed by atoms with Gasteiger partial charge in [0.05, 0.1) is 36.7 Å². The lowest BCUT2D eigenvalue weighted by Crippen LogP contribution is -2.45. The number of nitrogens with one attached hydrogen (secondary N) is 1. The summed E-state index contributed by atoms with van der Waals surface area (Å²) in [7, 11) is 0. The Labute approximate surface area is 118 Å². The van der Waals surface area contributed by atoms with Gasteiger partial charge in [0.25, 0.3) is 5.91 Å². The second-order valence-electron chi connectivity index (χ2n) is 4.59. The molecular weight excluding hydrogens is 256 g/mol. The lowest BCUT2D eigenvalue weighted by atomic mass is 10.1. The summed E-state index contributed by atoms with van der Waals surface area (Å²) in [5.41, 5.74) is 1.33. The van der Waals surface area contributed by atoms with Crippen LogP contribution >= 0.6 is 0 Å². The summed E-state index contributed by atoms with van der Waals surface area (Å²) in [6.45, 7) is 4.06. The van der Waals surface area contributed by atoms with Crippen LogP contribution in [0.5, 0.6) is 0 Å². The zero-order valence-corrected chi connectivity index (χ0v) is 11.5. The van der Waals surface area contributed by atoms with Crippen molar-refractivity contribution in [1.29, 1.82) is 5.26 Å². The fraction of sp³-hybridized carbons (Fsp3) is 0.500. The monoisotopic (exact) mass is 274 g/mol. The summed E-state index contributed by atoms with van der Waals surface area (Å²) in [6.07, 6.45) is 3.69. The van der Waals surface area contributed by atoms with Gasteiger partial charge in [-0.2, -0.15) is 5.26 Å². The first kappa shape index (κ1) is 14.3. The van der Waals surface area contributed by atoms with Crippen LogP contribution in [0.4, 0.5) is 5.69 Å². The van der Waals surface area contributed by atoms with E-state index in [1.807, 2.05) is 6.07 Å². The maximum Gasteiger partial charge on any atom is 0.256 e. The predicted molar refractivity (Wildman–Crippen MR) is 74.3 cm³/mol. The van der Waals surface area contributed by atoms with E-state index in [9.17, 15) is 4.79 Å². The van der Waals surface area contributed by atoms with Crippen LogP contribution in [0.25, 0.3) is 0 Å². The Balaban J connectivity index is 2.14. The lowest BCUT2D eigenvalue weighted by molar-refractivity contribution is 0.00350. The number of hydrogen-bond acceptors (Lipinski definition) is 5. The molecule has 6 nitrogen and oxygen atoms in total. The Bertz CT molecular complexity index is 512. The molecule has 1 aliphatic heterocycles. The molecule has 1 amide bonds. The Morgan fingerprint density at radius 2 is 2.55 bits per heavy atom. The summed E-state index contributed by atoms with van der Waals surface area (Å²) >= 11 is 0. The van der Waals surface area contributed by atoms with Crippen molar-refractivity contribution in [2.45, 2.75) is 19.4 Å². The minimum Gasteiger partial charge on any atom is -0.383 e. The molecule has 1 aromatic rings. The van der Waals surface area contributed by atoms with Crippen LogP contribution < -0.4 is 5.32 Å². The van der Waals surface area contributed by atoms with Crippen molar-refractivity contribution in [3.05, 3.63) is 24.0 Å². The molecule has 0 radical (unpaired) electrons. The van der Waals surface area contributed by atoms with Gasteiger partial charge in [0.1, 0.15) is 0 Å². The third-order valence-electron chi connectivity index (χ3n) is 3.11. The highest BCUT2D eigenvalue weighted by Crippen LogP contribution is 2.17. The molecule has 0 aromatic carbocycles. The number of anilines is 1. The van der Waals surface area contributed by atoms with Crippen LogP contribution in [0.3, 0.4) is 0 Å². The quantitative estimate of drug-likeness (QED) is 0.894. The van der Waals surface area contributed by atoms with E-state index >= 15 is 0 Å². The molecule has 1 N–H and O–H groups in total. The maximum absolute atomic E-state index is 12.5. The zero-order chi connectivity index (χ0) is 14.4. The SMILES string of the molecule is CCCNc1cnccc1C(=O)N1CCOC(C#N)C1. The topological polar surface area (TPSA) is 78.2 Å². The molecule has 0 spiro atoms. The van der Waals surface area contributed by atoms with Gasteiger partial charge in [0.15, 0.2) is 6.10 Å². The average molecular weight is 274 g/mol. The van der Waals surface area contributed by atoms with Crippen LogP contribution in [-0.2, 0) is 4.74 Å². The fourth-order valence-corrected chi connectivity index (χ4v) is 2.06. The number of pyridine rings is 1. The van der Waals surface area contributed by atoms with Gasteiger partial charge >= 0.3 is 0 Å². The van der Waals surface area contributed by atoms with E-state index in [1.165, 1.54) is 0 Å². The number of hydrogen-bond donors (Lipinski definition) is 1. The molecule has 20 heavy (non-hydrogen) atoms. The molecule has 1 aliphatic rings. The highest BCUT2D eigenvalue weighted by Gasteiger charge is 2.26. The summed E-state index contributed by atoms with van der Waals surface area (Å²) in [5.74, 6) is -0.0884. The maximum atomic E-state index is 12.5. The number of rotatable bonds is 4. The molecule has 0 saturated carbocycles. The predicted octanol–water partition coefficient (Wildman–Crippen LogP) is 1.27.